The van der Waals surface area contributed by atoms with E-state index in [1.165, 1.54) is 13.8 Å². The molecule has 0 aliphatic heterocycles. The molecule has 11 heteroatoms. The summed E-state index contributed by atoms with van der Waals surface area (Å²) in [5.74, 6) is -0.617. The van der Waals surface area contributed by atoms with Crippen LogP contribution >= 0.6 is 0 Å². The van der Waals surface area contributed by atoms with Crippen molar-refractivity contribution in [1.29, 1.82) is 0 Å². The minimum absolute atomic E-state index is 0.0817. The predicted octanol–water partition coefficient (Wildman–Crippen LogP) is 3.46. The lowest BCUT2D eigenvalue weighted by Gasteiger charge is -2.15. The minimum Gasteiger partial charge on any atom is -0.492 e. The summed E-state index contributed by atoms with van der Waals surface area (Å²) in [6, 6.07) is 2.74. The lowest BCUT2D eigenvalue weighted by Crippen LogP contribution is -2.21. The molecule has 8 nitrogen and oxygen atoms in total. The van der Waals surface area contributed by atoms with Crippen molar-refractivity contribution in [2.45, 2.75) is 33.5 Å². The molecule has 1 amide bonds. The van der Waals surface area contributed by atoms with Gasteiger partial charge in [0.25, 0.3) is 0 Å². The number of nitro groups is 1. The zero-order chi connectivity index (χ0) is 20.4. The van der Waals surface area contributed by atoms with E-state index in [1.807, 2.05) is 0 Å². The Balaban J connectivity index is 2.27. The molecule has 0 fully saturated rings. The van der Waals surface area contributed by atoms with Gasteiger partial charge in [-0.25, -0.2) is 0 Å². The van der Waals surface area contributed by atoms with E-state index in [2.05, 4.69) is 10.4 Å². The van der Waals surface area contributed by atoms with Crippen LogP contribution in [-0.4, -0.2) is 27.2 Å². The molecule has 0 spiro atoms. The average Bonchev–Trinajstić information content (AvgIpc) is 2.82. The number of aromatic nitrogens is 2. The molecule has 2 rings (SSSR count). The molecule has 0 saturated heterocycles. The second-order valence-corrected chi connectivity index (χ2v) is 5.62. The number of benzene rings is 1. The Morgan fingerprint density at radius 3 is 2.56 bits per heavy atom. The van der Waals surface area contributed by atoms with E-state index in [0.717, 1.165) is 22.9 Å². The predicted molar refractivity (Wildman–Crippen MR) is 89.6 cm³/mol. The van der Waals surface area contributed by atoms with Gasteiger partial charge in [-0.3, -0.25) is 19.6 Å². The number of carbonyl (C=O) groups is 1. The van der Waals surface area contributed by atoms with Crippen LogP contribution in [0.2, 0.25) is 0 Å². The third kappa shape index (κ3) is 4.54. The fourth-order valence-electron chi connectivity index (χ4n) is 2.52. The van der Waals surface area contributed by atoms with Gasteiger partial charge in [0.2, 0.25) is 5.91 Å². The highest BCUT2D eigenvalue weighted by Gasteiger charge is 2.31. The van der Waals surface area contributed by atoms with E-state index in [0.29, 0.717) is 0 Å². The highest BCUT2D eigenvalue weighted by Crippen LogP contribution is 2.35. The first kappa shape index (κ1) is 20.2. The summed E-state index contributed by atoms with van der Waals surface area (Å²) in [6.07, 6.45) is -4.58. The summed E-state index contributed by atoms with van der Waals surface area (Å²) in [4.78, 5) is 22.7. The van der Waals surface area contributed by atoms with E-state index in [-0.39, 0.29) is 35.1 Å². The summed E-state index contributed by atoms with van der Waals surface area (Å²) in [5.41, 5.74) is -0.992. The number of rotatable bonds is 6. The molecule has 27 heavy (non-hydrogen) atoms. The van der Waals surface area contributed by atoms with Gasteiger partial charge < -0.3 is 10.1 Å². The first-order valence-corrected chi connectivity index (χ1v) is 7.86. The second kappa shape index (κ2) is 7.64. The van der Waals surface area contributed by atoms with Crippen LogP contribution in [0.1, 0.15) is 23.9 Å². The van der Waals surface area contributed by atoms with Gasteiger partial charge in [0, 0.05) is 0 Å². The summed E-state index contributed by atoms with van der Waals surface area (Å²) < 4.78 is 45.1. The van der Waals surface area contributed by atoms with Crippen LogP contribution in [0.25, 0.3) is 0 Å². The fourth-order valence-corrected chi connectivity index (χ4v) is 2.52. The largest absolute Gasteiger partial charge is 0.492 e. The molecular formula is C16H17F3N4O4. The van der Waals surface area contributed by atoms with Crippen LogP contribution in [0.4, 0.5) is 24.5 Å². The average molecular weight is 386 g/mol. The molecule has 1 heterocycles. The van der Waals surface area contributed by atoms with Crippen molar-refractivity contribution in [3.63, 3.8) is 0 Å². The second-order valence-electron chi connectivity index (χ2n) is 5.62. The normalized spacial score (nSPS) is 11.3. The van der Waals surface area contributed by atoms with Crippen molar-refractivity contribution in [3.05, 3.63) is 45.3 Å². The van der Waals surface area contributed by atoms with Crippen LogP contribution < -0.4 is 10.1 Å². The van der Waals surface area contributed by atoms with E-state index in [4.69, 9.17) is 4.74 Å². The maximum Gasteiger partial charge on any atom is 0.416 e. The van der Waals surface area contributed by atoms with Gasteiger partial charge in [-0.1, -0.05) is 0 Å². The Morgan fingerprint density at radius 1 is 1.37 bits per heavy atom. The van der Waals surface area contributed by atoms with Gasteiger partial charge in [-0.2, -0.15) is 18.3 Å². The third-order valence-electron chi connectivity index (χ3n) is 3.70. The van der Waals surface area contributed by atoms with Gasteiger partial charge in [0.05, 0.1) is 22.8 Å². The standard InChI is InChI=1S/C16H17F3N4O4/c1-4-27-13-6-5-11(16(17,18)19)7-12(13)20-14(24)8-22-10(3)15(23(25)26)9(2)21-22/h5-7H,4,8H2,1-3H3,(H,20,24). The first-order valence-electron chi connectivity index (χ1n) is 7.86. The van der Waals surface area contributed by atoms with Crippen molar-refractivity contribution < 1.29 is 27.6 Å². The molecule has 2 aromatic rings. The molecule has 0 aliphatic rings. The Bertz CT molecular complexity index is 877. The van der Waals surface area contributed by atoms with Crippen molar-refractivity contribution in [1.82, 2.24) is 9.78 Å². The van der Waals surface area contributed by atoms with Crippen LogP contribution in [0.3, 0.4) is 0 Å². The summed E-state index contributed by atoms with van der Waals surface area (Å²) in [5, 5.41) is 17.3. The molecule has 0 saturated carbocycles. The van der Waals surface area contributed by atoms with E-state index in [9.17, 15) is 28.1 Å². The Kier molecular flexibility index (Phi) is 5.72. The molecule has 1 N–H and O–H groups in total. The Labute approximate surface area is 152 Å². The van der Waals surface area contributed by atoms with Crippen molar-refractivity contribution in [2.24, 2.45) is 0 Å². The maximum absolute atomic E-state index is 12.9. The fraction of sp³-hybridized carbons (Fsp3) is 0.375. The topological polar surface area (TPSA) is 99.3 Å². The van der Waals surface area contributed by atoms with Crippen LogP contribution in [0, 0.1) is 24.0 Å². The molecule has 0 bridgehead atoms. The monoisotopic (exact) mass is 386 g/mol. The molecular weight excluding hydrogens is 369 g/mol. The number of nitrogens with zero attached hydrogens (tertiary/aromatic N) is 3. The maximum atomic E-state index is 12.9. The van der Waals surface area contributed by atoms with Gasteiger partial charge in [-0.15, -0.1) is 0 Å². The number of alkyl halides is 3. The number of hydrogen-bond acceptors (Lipinski definition) is 5. The number of ether oxygens (including phenoxy) is 1. The molecule has 0 unspecified atom stereocenters. The molecule has 0 aliphatic carbocycles. The van der Waals surface area contributed by atoms with Gasteiger partial charge in [-0.05, 0) is 39.0 Å². The summed E-state index contributed by atoms with van der Waals surface area (Å²) in [6.45, 7) is 4.30. The number of amides is 1. The van der Waals surface area contributed by atoms with Gasteiger partial charge in [0.1, 0.15) is 23.7 Å². The van der Waals surface area contributed by atoms with Crippen LogP contribution in [-0.2, 0) is 17.5 Å². The SMILES string of the molecule is CCOc1ccc(C(F)(F)F)cc1NC(=O)Cn1nc(C)c([N+](=O)[O-])c1C. The summed E-state index contributed by atoms with van der Waals surface area (Å²) >= 11 is 0. The lowest BCUT2D eigenvalue weighted by atomic mass is 10.1. The number of carbonyl (C=O) groups excluding carboxylic acids is 1. The third-order valence-corrected chi connectivity index (χ3v) is 3.70. The van der Waals surface area contributed by atoms with Gasteiger partial charge >= 0.3 is 11.9 Å². The number of nitrogens with one attached hydrogen (secondary N) is 1. The number of halogens is 3. The highest BCUT2D eigenvalue weighted by molar-refractivity contribution is 5.92. The first-order chi connectivity index (χ1) is 12.5. The van der Waals surface area contributed by atoms with Crippen molar-refractivity contribution in [2.75, 3.05) is 11.9 Å². The molecule has 146 valence electrons. The smallest absolute Gasteiger partial charge is 0.416 e. The summed E-state index contributed by atoms with van der Waals surface area (Å²) in [7, 11) is 0. The van der Waals surface area contributed by atoms with E-state index in [1.54, 1.807) is 6.92 Å². The van der Waals surface area contributed by atoms with Crippen molar-refractivity contribution >= 4 is 17.3 Å². The molecule has 1 aromatic carbocycles. The number of anilines is 1. The highest BCUT2D eigenvalue weighted by atomic mass is 19.4. The van der Waals surface area contributed by atoms with Crippen LogP contribution in [0.15, 0.2) is 18.2 Å². The van der Waals surface area contributed by atoms with Crippen molar-refractivity contribution in [3.8, 4) is 5.75 Å². The Morgan fingerprint density at radius 2 is 2.04 bits per heavy atom. The number of hydrogen-bond donors (Lipinski definition) is 1. The molecule has 0 radical (unpaired) electrons. The molecule has 0 atom stereocenters. The van der Waals surface area contributed by atoms with Crippen LogP contribution in [0.5, 0.6) is 5.75 Å². The Hall–Kier alpha value is -3.11. The lowest BCUT2D eigenvalue weighted by molar-refractivity contribution is -0.386. The van der Waals surface area contributed by atoms with E-state index < -0.39 is 29.1 Å². The molecule has 1 aromatic heterocycles. The van der Waals surface area contributed by atoms with Gasteiger partial charge in [0.15, 0.2) is 0 Å². The zero-order valence-corrected chi connectivity index (χ0v) is 14.8. The quantitative estimate of drug-likeness (QED) is 0.605. The van der Waals surface area contributed by atoms with E-state index >= 15 is 0 Å². The number of aryl methyl sites for hydroxylation is 1. The zero-order valence-electron chi connectivity index (χ0n) is 14.8. The minimum atomic E-state index is -4.58.